The Labute approximate surface area is 142 Å². The molecule has 2 heterocycles. The Morgan fingerprint density at radius 3 is 2.62 bits per heavy atom. The van der Waals surface area contributed by atoms with E-state index in [1.807, 2.05) is 18.2 Å². The van der Waals surface area contributed by atoms with E-state index in [2.05, 4.69) is 32.9 Å². The predicted molar refractivity (Wildman–Crippen MR) is 89.2 cm³/mol. The Kier molecular flexibility index (Phi) is 3.42. The van der Waals surface area contributed by atoms with Crippen LogP contribution in [0.25, 0.3) is 0 Å². The summed E-state index contributed by atoms with van der Waals surface area (Å²) >= 11 is 0. The monoisotopic (exact) mass is 328 g/mol. The molecule has 0 amide bonds. The van der Waals surface area contributed by atoms with E-state index in [0.29, 0.717) is 5.56 Å². The number of hydrogen-bond acceptors (Lipinski definition) is 4. The maximum Gasteiger partial charge on any atom is 0.338 e. The van der Waals surface area contributed by atoms with E-state index < -0.39 is 5.60 Å². The van der Waals surface area contributed by atoms with Gasteiger partial charge in [0.15, 0.2) is 0 Å². The minimum absolute atomic E-state index is 0.00379. The van der Waals surface area contributed by atoms with Gasteiger partial charge in [0.2, 0.25) is 0 Å². The molecule has 2 bridgehead atoms. The summed E-state index contributed by atoms with van der Waals surface area (Å²) in [4.78, 5) is 24.0. The van der Waals surface area contributed by atoms with E-state index in [9.17, 15) is 4.79 Å². The molecule has 0 aromatic heterocycles. The third-order valence-corrected chi connectivity index (χ3v) is 6.38. The molecule has 4 heteroatoms. The second-order valence-corrected chi connectivity index (χ2v) is 8.10. The molecule has 128 valence electrons. The molecule has 2 aliphatic carbocycles. The smallest absolute Gasteiger partial charge is 0.338 e. The van der Waals surface area contributed by atoms with Crippen molar-refractivity contribution in [2.75, 3.05) is 0 Å². The van der Waals surface area contributed by atoms with Gasteiger partial charge in [0, 0.05) is 10.8 Å². The van der Waals surface area contributed by atoms with Gasteiger partial charge in [-0.15, -0.1) is 0 Å². The van der Waals surface area contributed by atoms with Gasteiger partial charge < -0.3 is 4.74 Å². The first-order chi connectivity index (χ1) is 11.4. The number of ether oxygens (including phenoxy) is 1. The number of carbonyl (C=O) groups excluding carboxylic acids is 1. The third kappa shape index (κ3) is 2.02. The Morgan fingerprint density at radius 1 is 1.21 bits per heavy atom. The summed E-state index contributed by atoms with van der Waals surface area (Å²) in [6.07, 6.45) is 6.80. The molecule has 1 spiro atoms. The highest BCUT2D eigenvalue weighted by molar-refractivity contribution is 5.89. The van der Waals surface area contributed by atoms with E-state index >= 15 is 0 Å². The summed E-state index contributed by atoms with van der Waals surface area (Å²) in [6.45, 7) is 6.50. The summed E-state index contributed by atoms with van der Waals surface area (Å²) in [5.74, 6) is -0.275. The number of rotatable bonds is 2. The quantitative estimate of drug-likeness (QED) is 0.466. The SMILES string of the molecule is CC12CCC(OC(=O)c3ccccc3)C(C)(C)C13C=CC(C2)OO3. The van der Waals surface area contributed by atoms with Crippen molar-refractivity contribution in [2.24, 2.45) is 10.8 Å². The standard InChI is InChI=1S/C20H24O4/c1-18(2)16(22-17(21)14-7-5-4-6-8-14)10-11-19(3)13-15-9-12-20(18,19)24-23-15/h4-9,12,15-16H,10-11,13H2,1-3H3. The lowest BCUT2D eigenvalue weighted by atomic mass is 9.49. The first kappa shape index (κ1) is 15.9. The van der Waals surface area contributed by atoms with Crippen LogP contribution in [0.3, 0.4) is 0 Å². The van der Waals surface area contributed by atoms with Crippen LogP contribution in [0.15, 0.2) is 42.5 Å². The zero-order chi connectivity index (χ0) is 17.0. The molecule has 2 aliphatic heterocycles. The lowest BCUT2D eigenvalue weighted by molar-refractivity contribution is -0.458. The Bertz CT molecular complexity index is 680. The molecule has 4 atom stereocenters. The molecule has 1 saturated heterocycles. The summed E-state index contributed by atoms with van der Waals surface area (Å²) in [6, 6.07) is 9.15. The minimum Gasteiger partial charge on any atom is -0.458 e. The van der Waals surface area contributed by atoms with Crippen LogP contribution in [0, 0.1) is 10.8 Å². The van der Waals surface area contributed by atoms with Gasteiger partial charge in [-0.1, -0.05) is 45.0 Å². The van der Waals surface area contributed by atoms with Gasteiger partial charge in [0.1, 0.15) is 17.8 Å². The van der Waals surface area contributed by atoms with Crippen molar-refractivity contribution in [3.8, 4) is 0 Å². The van der Waals surface area contributed by atoms with Crippen LogP contribution in [0.2, 0.25) is 0 Å². The fourth-order valence-corrected chi connectivity index (χ4v) is 4.85. The fourth-order valence-electron chi connectivity index (χ4n) is 4.85. The summed E-state index contributed by atoms with van der Waals surface area (Å²) in [5.41, 5.74) is -0.357. The van der Waals surface area contributed by atoms with E-state index in [1.165, 1.54) is 0 Å². The Morgan fingerprint density at radius 2 is 1.96 bits per heavy atom. The summed E-state index contributed by atoms with van der Waals surface area (Å²) in [5, 5.41) is 0. The number of esters is 1. The number of hydrogen-bond donors (Lipinski definition) is 0. The molecular weight excluding hydrogens is 304 g/mol. The third-order valence-electron chi connectivity index (χ3n) is 6.38. The Balaban J connectivity index is 1.64. The highest BCUT2D eigenvalue weighted by atomic mass is 17.2. The van der Waals surface area contributed by atoms with Crippen molar-refractivity contribution >= 4 is 5.97 Å². The van der Waals surface area contributed by atoms with Gasteiger partial charge in [0.05, 0.1) is 5.56 Å². The minimum atomic E-state index is -0.561. The highest BCUT2D eigenvalue weighted by Crippen LogP contribution is 2.63. The first-order valence-corrected chi connectivity index (χ1v) is 8.68. The van der Waals surface area contributed by atoms with Crippen molar-refractivity contribution in [1.82, 2.24) is 0 Å². The van der Waals surface area contributed by atoms with E-state index in [1.54, 1.807) is 12.1 Å². The van der Waals surface area contributed by atoms with Crippen LogP contribution in [0.1, 0.15) is 50.4 Å². The largest absolute Gasteiger partial charge is 0.458 e. The van der Waals surface area contributed by atoms with E-state index in [-0.39, 0.29) is 29.0 Å². The average molecular weight is 328 g/mol. The van der Waals surface area contributed by atoms with Crippen LogP contribution < -0.4 is 0 Å². The summed E-state index contributed by atoms with van der Waals surface area (Å²) in [7, 11) is 0. The molecule has 4 nitrogen and oxygen atoms in total. The molecule has 4 aliphatic rings. The molecule has 1 aromatic rings. The van der Waals surface area contributed by atoms with Crippen molar-refractivity contribution in [3.05, 3.63) is 48.0 Å². The van der Waals surface area contributed by atoms with Gasteiger partial charge in [-0.25, -0.2) is 14.6 Å². The molecule has 24 heavy (non-hydrogen) atoms. The molecule has 1 saturated carbocycles. The van der Waals surface area contributed by atoms with Gasteiger partial charge in [0.25, 0.3) is 0 Å². The second-order valence-electron chi connectivity index (χ2n) is 8.10. The van der Waals surface area contributed by atoms with E-state index in [4.69, 9.17) is 14.5 Å². The van der Waals surface area contributed by atoms with Crippen LogP contribution >= 0.6 is 0 Å². The first-order valence-electron chi connectivity index (χ1n) is 8.68. The van der Waals surface area contributed by atoms with Crippen LogP contribution in [-0.4, -0.2) is 23.8 Å². The number of carbonyl (C=O) groups is 1. The molecule has 2 fully saturated rings. The van der Waals surface area contributed by atoms with Crippen LogP contribution in [0.5, 0.6) is 0 Å². The highest BCUT2D eigenvalue weighted by Gasteiger charge is 2.68. The lowest BCUT2D eigenvalue weighted by Crippen LogP contribution is -2.69. The molecular formula is C20H24O4. The Hall–Kier alpha value is -1.65. The van der Waals surface area contributed by atoms with E-state index in [0.717, 1.165) is 19.3 Å². The second kappa shape index (κ2) is 5.17. The summed E-state index contributed by atoms with van der Waals surface area (Å²) < 4.78 is 5.92. The van der Waals surface area contributed by atoms with Crippen molar-refractivity contribution in [3.63, 3.8) is 0 Å². The van der Waals surface area contributed by atoms with Gasteiger partial charge in [-0.05, 0) is 37.5 Å². The normalized spacial score (nSPS) is 39.3. The van der Waals surface area contributed by atoms with Gasteiger partial charge in [-0.2, -0.15) is 0 Å². The average Bonchev–Trinajstić information content (AvgIpc) is 2.59. The molecule has 5 rings (SSSR count). The zero-order valence-corrected chi connectivity index (χ0v) is 14.5. The van der Waals surface area contributed by atoms with Crippen LogP contribution in [0.4, 0.5) is 0 Å². The van der Waals surface area contributed by atoms with Crippen molar-refractivity contribution in [2.45, 2.75) is 57.8 Å². The lowest BCUT2D eigenvalue weighted by Gasteiger charge is -2.64. The molecule has 1 aromatic carbocycles. The zero-order valence-electron chi connectivity index (χ0n) is 14.5. The maximum absolute atomic E-state index is 12.5. The maximum atomic E-state index is 12.5. The molecule has 0 N–H and O–H groups in total. The van der Waals surface area contributed by atoms with Crippen molar-refractivity contribution < 1.29 is 19.3 Å². The predicted octanol–water partition coefficient (Wildman–Crippen LogP) is 4.07. The topological polar surface area (TPSA) is 44.8 Å². The molecule has 4 unspecified atom stereocenters. The molecule has 0 radical (unpaired) electrons. The van der Waals surface area contributed by atoms with Crippen LogP contribution in [-0.2, 0) is 14.5 Å². The number of benzene rings is 1. The fraction of sp³-hybridized carbons (Fsp3) is 0.550. The van der Waals surface area contributed by atoms with Gasteiger partial charge in [-0.3, -0.25) is 0 Å². The number of fused-ring (bicyclic) bond motifs is 1. The van der Waals surface area contributed by atoms with Gasteiger partial charge >= 0.3 is 5.97 Å². The van der Waals surface area contributed by atoms with Crippen molar-refractivity contribution in [1.29, 1.82) is 0 Å².